The lowest BCUT2D eigenvalue weighted by Crippen LogP contribution is -2.45. The van der Waals surface area contributed by atoms with Crippen molar-refractivity contribution in [3.05, 3.63) is 23.9 Å². The van der Waals surface area contributed by atoms with Crippen molar-refractivity contribution in [2.45, 2.75) is 39.2 Å². The Kier molecular flexibility index (Phi) is 5.53. The third-order valence-electron chi connectivity index (χ3n) is 6.56. The van der Waals surface area contributed by atoms with Crippen LogP contribution < -0.4 is 10.2 Å². The molecule has 148 valence electrons. The average Bonchev–Trinajstić information content (AvgIpc) is 3.12. The lowest BCUT2D eigenvalue weighted by molar-refractivity contribution is 0.151. The molecule has 0 radical (unpaired) electrons. The van der Waals surface area contributed by atoms with Gasteiger partial charge in [0.1, 0.15) is 5.82 Å². The summed E-state index contributed by atoms with van der Waals surface area (Å²) >= 11 is 0. The Bertz CT molecular complexity index is 660. The summed E-state index contributed by atoms with van der Waals surface area (Å²) in [6.07, 6.45) is 7.45. The van der Waals surface area contributed by atoms with Crippen LogP contribution in [0.3, 0.4) is 0 Å². The van der Waals surface area contributed by atoms with Gasteiger partial charge in [0.25, 0.3) is 0 Å². The first-order valence-electron chi connectivity index (χ1n) is 10.6. The van der Waals surface area contributed by atoms with Crippen LogP contribution in [0.15, 0.2) is 23.3 Å². The number of hydrogen-bond donors (Lipinski definition) is 1. The summed E-state index contributed by atoms with van der Waals surface area (Å²) in [5.41, 5.74) is 1.82. The fourth-order valence-corrected chi connectivity index (χ4v) is 4.64. The van der Waals surface area contributed by atoms with E-state index in [1.165, 1.54) is 37.8 Å². The number of aliphatic imine (C=N–C) groups is 1. The molecule has 3 aliphatic rings. The van der Waals surface area contributed by atoms with Crippen LogP contribution in [0.25, 0.3) is 0 Å². The van der Waals surface area contributed by atoms with Crippen molar-refractivity contribution in [3.63, 3.8) is 0 Å². The van der Waals surface area contributed by atoms with Crippen LogP contribution in [0.1, 0.15) is 38.2 Å². The number of nitrogens with one attached hydrogen (secondary N) is 1. The quantitative estimate of drug-likeness (QED) is 0.650. The predicted octanol–water partition coefficient (Wildman–Crippen LogP) is 2.17. The molecule has 0 amide bonds. The topological polar surface area (TPSA) is 47.0 Å². The highest BCUT2D eigenvalue weighted by atomic mass is 15.3. The maximum atomic E-state index is 5.01. The van der Waals surface area contributed by atoms with Crippen molar-refractivity contribution in [1.29, 1.82) is 0 Å². The molecule has 6 heteroatoms. The van der Waals surface area contributed by atoms with Crippen LogP contribution in [0.4, 0.5) is 5.82 Å². The van der Waals surface area contributed by atoms with Gasteiger partial charge < -0.3 is 20.0 Å². The van der Waals surface area contributed by atoms with Gasteiger partial charge >= 0.3 is 0 Å². The molecule has 2 aliphatic heterocycles. The number of rotatable bonds is 4. The van der Waals surface area contributed by atoms with Crippen molar-refractivity contribution in [2.24, 2.45) is 10.4 Å². The Morgan fingerprint density at radius 3 is 2.67 bits per heavy atom. The Morgan fingerprint density at radius 1 is 1.19 bits per heavy atom. The van der Waals surface area contributed by atoms with Crippen molar-refractivity contribution in [2.75, 3.05) is 57.8 Å². The van der Waals surface area contributed by atoms with Gasteiger partial charge in [-0.05, 0) is 44.7 Å². The number of pyridine rings is 1. The highest BCUT2D eigenvalue weighted by molar-refractivity contribution is 5.80. The highest BCUT2D eigenvalue weighted by Gasteiger charge is 2.43. The first-order chi connectivity index (χ1) is 13.2. The molecular weight excluding hydrogens is 336 g/mol. The minimum Gasteiger partial charge on any atom is -0.357 e. The second kappa shape index (κ2) is 8.05. The summed E-state index contributed by atoms with van der Waals surface area (Å²) < 4.78 is 0. The van der Waals surface area contributed by atoms with E-state index < -0.39 is 0 Å². The lowest BCUT2D eigenvalue weighted by Gasteiger charge is -2.38. The standard InChI is InChI=1S/C21H34N6/c1-3-22-20(27-11-9-21(17-27)7-5-8-21)24-16-18-6-4-10-23-19(18)26-14-12-25(2)13-15-26/h4,6,10H,3,5,7-9,11-17H2,1-2H3,(H,22,24). The van der Waals surface area contributed by atoms with Gasteiger partial charge in [-0.15, -0.1) is 0 Å². The molecule has 3 fully saturated rings. The van der Waals surface area contributed by atoms with E-state index >= 15 is 0 Å². The number of nitrogens with zero attached hydrogens (tertiary/aromatic N) is 5. The molecule has 0 aromatic carbocycles. The predicted molar refractivity (Wildman–Crippen MR) is 111 cm³/mol. The van der Waals surface area contributed by atoms with Crippen LogP contribution in [0.2, 0.25) is 0 Å². The van der Waals surface area contributed by atoms with Crippen LogP contribution >= 0.6 is 0 Å². The zero-order chi connectivity index (χ0) is 18.7. The number of likely N-dealkylation sites (N-methyl/N-ethyl adjacent to an activating group) is 1. The number of guanidine groups is 1. The van der Waals surface area contributed by atoms with Gasteiger partial charge in [0.2, 0.25) is 0 Å². The third kappa shape index (κ3) is 4.05. The monoisotopic (exact) mass is 370 g/mol. The van der Waals surface area contributed by atoms with Crippen molar-refractivity contribution in [1.82, 2.24) is 20.1 Å². The van der Waals surface area contributed by atoms with Gasteiger partial charge in [0.05, 0.1) is 6.54 Å². The van der Waals surface area contributed by atoms with E-state index in [1.54, 1.807) is 0 Å². The van der Waals surface area contributed by atoms with Gasteiger partial charge in [-0.3, -0.25) is 0 Å². The van der Waals surface area contributed by atoms with E-state index in [0.717, 1.165) is 51.0 Å². The molecule has 1 aliphatic carbocycles. The molecule has 1 spiro atoms. The second-order valence-electron chi connectivity index (χ2n) is 8.47. The van der Waals surface area contributed by atoms with Crippen LogP contribution in [-0.2, 0) is 6.54 Å². The Morgan fingerprint density at radius 2 is 2.00 bits per heavy atom. The van der Waals surface area contributed by atoms with Gasteiger partial charge in [0.15, 0.2) is 5.96 Å². The summed E-state index contributed by atoms with van der Waals surface area (Å²) in [6.45, 7) is 10.4. The van der Waals surface area contributed by atoms with Crippen molar-refractivity contribution < 1.29 is 0 Å². The number of likely N-dealkylation sites (tertiary alicyclic amines) is 1. The number of anilines is 1. The molecule has 0 bridgehead atoms. The molecule has 6 nitrogen and oxygen atoms in total. The van der Waals surface area contributed by atoms with E-state index in [4.69, 9.17) is 9.98 Å². The van der Waals surface area contributed by atoms with E-state index in [2.05, 4.69) is 40.1 Å². The second-order valence-corrected chi connectivity index (χ2v) is 8.47. The minimum absolute atomic E-state index is 0.593. The summed E-state index contributed by atoms with van der Waals surface area (Å²) in [5, 5.41) is 3.52. The molecule has 3 heterocycles. The van der Waals surface area contributed by atoms with Gasteiger partial charge in [-0.1, -0.05) is 12.5 Å². The lowest BCUT2D eigenvalue weighted by atomic mass is 9.68. The number of hydrogen-bond acceptors (Lipinski definition) is 4. The molecule has 1 aromatic heterocycles. The maximum absolute atomic E-state index is 5.01. The average molecular weight is 371 g/mol. The third-order valence-corrected chi connectivity index (χ3v) is 6.56. The van der Waals surface area contributed by atoms with Crippen LogP contribution in [-0.4, -0.2) is 73.6 Å². The summed E-state index contributed by atoms with van der Waals surface area (Å²) in [6, 6.07) is 4.22. The molecule has 1 N–H and O–H groups in total. The smallest absolute Gasteiger partial charge is 0.194 e. The Hall–Kier alpha value is -1.82. The zero-order valence-electron chi connectivity index (χ0n) is 17.0. The van der Waals surface area contributed by atoms with Crippen molar-refractivity contribution >= 4 is 11.8 Å². The molecule has 27 heavy (non-hydrogen) atoms. The highest BCUT2D eigenvalue weighted by Crippen LogP contribution is 2.47. The Labute approximate surface area is 163 Å². The van der Waals surface area contributed by atoms with Gasteiger partial charge in [-0.2, -0.15) is 0 Å². The van der Waals surface area contributed by atoms with E-state index in [1.807, 2.05) is 12.3 Å². The van der Waals surface area contributed by atoms with E-state index in [-0.39, 0.29) is 0 Å². The molecule has 4 rings (SSSR count). The summed E-state index contributed by atoms with van der Waals surface area (Å²) in [5.74, 6) is 2.19. The molecule has 0 unspecified atom stereocenters. The fraction of sp³-hybridized carbons (Fsp3) is 0.714. The van der Waals surface area contributed by atoms with Gasteiger partial charge in [-0.25, -0.2) is 9.98 Å². The van der Waals surface area contributed by atoms with Crippen LogP contribution in [0, 0.1) is 5.41 Å². The normalized spacial score (nSPS) is 23.0. The van der Waals surface area contributed by atoms with E-state index in [9.17, 15) is 0 Å². The first kappa shape index (κ1) is 18.5. The molecule has 2 saturated heterocycles. The first-order valence-corrected chi connectivity index (χ1v) is 10.6. The minimum atomic E-state index is 0.593. The van der Waals surface area contributed by atoms with Crippen LogP contribution in [0.5, 0.6) is 0 Å². The summed E-state index contributed by atoms with van der Waals surface area (Å²) in [7, 11) is 2.19. The Balaban J connectivity index is 1.47. The van der Waals surface area contributed by atoms with Crippen molar-refractivity contribution in [3.8, 4) is 0 Å². The molecule has 1 saturated carbocycles. The van der Waals surface area contributed by atoms with Gasteiger partial charge in [0, 0.05) is 57.6 Å². The summed E-state index contributed by atoms with van der Waals surface area (Å²) in [4.78, 5) is 17.0. The largest absolute Gasteiger partial charge is 0.357 e. The number of aromatic nitrogens is 1. The van der Waals surface area contributed by atoms with E-state index in [0.29, 0.717) is 12.0 Å². The number of piperazine rings is 1. The zero-order valence-corrected chi connectivity index (χ0v) is 17.0. The fourth-order valence-electron chi connectivity index (χ4n) is 4.64. The molecule has 1 aromatic rings. The molecular formula is C21H34N6. The molecule has 0 atom stereocenters. The maximum Gasteiger partial charge on any atom is 0.194 e. The SMILES string of the molecule is CCNC(=NCc1cccnc1N1CCN(C)CC1)N1CCC2(CCC2)C1.